The average Bonchev–Trinajstić information content (AvgIpc) is 3.28. The van der Waals surface area contributed by atoms with Crippen LogP contribution in [0.2, 0.25) is 0 Å². The summed E-state index contributed by atoms with van der Waals surface area (Å²) in [4.78, 5) is 0. The van der Waals surface area contributed by atoms with E-state index in [-0.39, 0.29) is 17.1 Å². The number of ether oxygens (including phenoxy) is 1. The molecule has 0 amide bonds. The largest absolute Gasteiger partial charge is 0.508 e. The Morgan fingerprint density at radius 1 is 0.933 bits per heavy atom. The fourth-order valence-corrected chi connectivity index (χ4v) is 3.77. The Hall–Kier alpha value is -2.00. The minimum Gasteiger partial charge on any atom is -0.508 e. The van der Waals surface area contributed by atoms with Crippen LogP contribution in [0.15, 0.2) is 47.1 Å². The molecule has 2 N–H and O–H groups in total. The normalized spacial score (nSPS) is 19.3. The number of phenols is 2. The molecule has 1 fully saturated rings. The number of allylic oxidation sites excluding steroid dienone is 6. The summed E-state index contributed by atoms with van der Waals surface area (Å²) in [5, 5.41) is 19.9. The topological polar surface area (TPSA) is 53.0 Å². The summed E-state index contributed by atoms with van der Waals surface area (Å²) < 4.78 is 5.66. The van der Waals surface area contributed by atoms with Crippen molar-refractivity contribution in [2.45, 2.75) is 98.2 Å². The summed E-state index contributed by atoms with van der Waals surface area (Å²) in [6, 6.07) is 3.23. The Bertz CT molecular complexity index is 812. The van der Waals surface area contributed by atoms with Gasteiger partial charge in [-0.3, -0.25) is 0 Å². The quantitative estimate of drug-likeness (QED) is 0.228. The van der Waals surface area contributed by atoms with Crippen molar-refractivity contribution >= 4 is 0 Å². The van der Waals surface area contributed by atoms with Gasteiger partial charge in [-0.25, -0.2) is 0 Å². The zero-order chi connectivity index (χ0) is 22.3. The van der Waals surface area contributed by atoms with Crippen LogP contribution in [0.3, 0.4) is 0 Å². The molecule has 1 saturated heterocycles. The maximum absolute atomic E-state index is 10.1. The van der Waals surface area contributed by atoms with E-state index in [9.17, 15) is 10.2 Å². The summed E-state index contributed by atoms with van der Waals surface area (Å²) >= 11 is 0. The van der Waals surface area contributed by atoms with Crippen molar-refractivity contribution in [2.75, 3.05) is 0 Å². The Kier molecular flexibility index (Phi) is 8.78. The number of hydrogen-bond donors (Lipinski definition) is 2. The van der Waals surface area contributed by atoms with Gasteiger partial charge in [-0.2, -0.15) is 0 Å². The minimum atomic E-state index is 0.106. The van der Waals surface area contributed by atoms with E-state index in [1.54, 1.807) is 12.1 Å². The van der Waals surface area contributed by atoms with Crippen molar-refractivity contribution in [3.63, 3.8) is 0 Å². The number of aryl methyl sites for hydroxylation is 1. The lowest BCUT2D eigenvalue weighted by atomic mass is 10.0. The van der Waals surface area contributed by atoms with Crippen molar-refractivity contribution in [3.05, 3.63) is 58.2 Å². The molecular weight excluding hydrogens is 372 g/mol. The highest BCUT2D eigenvalue weighted by Crippen LogP contribution is 2.39. The number of benzene rings is 1. The van der Waals surface area contributed by atoms with Gasteiger partial charge < -0.3 is 14.9 Å². The number of hydrogen-bond acceptors (Lipinski definition) is 3. The second-order valence-electron chi connectivity index (χ2n) is 9.45. The van der Waals surface area contributed by atoms with E-state index >= 15 is 0 Å². The lowest BCUT2D eigenvalue weighted by Gasteiger charge is -2.07. The molecule has 166 valence electrons. The summed E-state index contributed by atoms with van der Waals surface area (Å²) in [6.45, 7) is 12.7. The summed E-state index contributed by atoms with van der Waals surface area (Å²) in [6.07, 6.45) is 14.5. The molecule has 3 heteroatoms. The van der Waals surface area contributed by atoms with Crippen LogP contribution >= 0.6 is 0 Å². The van der Waals surface area contributed by atoms with Gasteiger partial charge in [0.2, 0.25) is 0 Å². The van der Waals surface area contributed by atoms with E-state index in [2.05, 4.69) is 52.8 Å². The van der Waals surface area contributed by atoms with Crippen LogP contribution < -0.4 is 0 Å². The number of phenolic OH excluding ortho intramolecular Hbond substituents is 2. The molecule has 1 heterocycles. The van der Waals surface area contributed by atoms with Crippen molar-refractivity contribution in [1.29, 1.82) is 0 Å². The molecule has 0 radical (unpaired) electrons. The standard InChI is InChI=1S/C27H40O3/c1-19(10-8-12-21(3)14-16-25-27(5,6)30-25)9-7-11-20(2)13-15-23-18-24(28)17-22(4)26(23)29/h9,12-13,17-18,25,28-29H,7-8,10-11,14-16H2,1-6H3/b19-9+,20-13+,21-12+. The van der Waals surface area contributed by atoms with Gasteiger partial charge in [0.1, 0.15) is 11.5 Å². The molecule has 0 aliphatic carbocycles. The Morgan fingerprint density at radius 3 is 2.03 bits per heavy atom. The van der Waals surface area contributed by atoms with Crippen LogP contribution in [0.5, 0.6) is 11.5 Å². The van der Waals surface area contributed by atoms with E-state index in [0.717, 1.165) is 44.1 Å². The SMILES string of the molecule is C/C(=C\CC/C(C)=C/Cc1cc(O)cc(C)c1O)CC/C=C(\C)CCC1OC1(C)C. The van der Waals surface area contributed by atoms with E-state index < -0.39 is 0 Å². The first kappa shape index (κ1) is 24.3. The first-order valence-electron chi connectivity index (χ1n) is 11.2. The third-order valence-corrected chi connectivity index (χ3v) is 6.06. The summed E-state index contributed by atoms with van der Waals surface area (Å²) in [5.41, 5.74) is 5.81. The number of aromatic hydroxyl groups is 2. The third-order valence-electron chi connectivity index (χ3n) is 6.06. The fraction of sp³-hybridized carbons (Fsp3) is 0.556. The minimum absolute atomic E-state index is 0.106. The second kappa shape index (κ2) is 10.9. The molecule has 1 aliphatic rings. The molecule has 0 spiro atoms. The molecule has 3 nitrogen and oxygen atoms in total. The highest BCUT2D eigenvalue weighted by atomic mass is 16.6. The lowest BCUT2D eigenvalue weighted by Crippen LogP contribution is -2.02. The monoisotopic (exact) mass is 412 g/mol. The summed E-state index contributed by atoms with van der Waals surface area (Å²) in [7, 11) is 0. The van der Waals surface area contributed by atoms with Gasteiger partial charge >= 0.3 is 0 Å². The molecule has 0 bridgehead atoms. The highest BCUT2D eigenvalue weighted by molar-refractivity contribution is 5.46. The van der Waals surface area contributed by atoms with Gasteiger partial charge in [0.25, 0.3) is 0 Å². The van der Waals surface area contributed by atoms with E-state index in [4.69, 9.17) is 4.74 Å². The zero-order valence-electron chi connectivity index (χ0n) is 19.7. The van der Waals surface area contributed by atoms with Crippen molar-refractivity contribution in [1.82, 2.24) is 0 Å². The number of epoxide rings is 1. The average molecular weight is 413 g/mol. The molecule has 0 aromatic heterocycles. The molecule has 0 saturated carbocycles. The molecule has 1 aliphatic heterocycles. The Labute approximate surface area is 183 Å². The first-order chi connectivity index (χ1) is 14.1. The molecule has 1 atom stereocenters. The molecule has 2 rings (SSSR count). The molecule has 1 aromatic rings. The van der Waals surface area contributed by atoms with Crippen molar-refractivity contribution in [3.8, 4) is 11.5 Å². The van der Waals surface area contributed by atoms with Gasteiger partial charge in [0.15, 0.2) is 0 Å². The maximum atomic E-state index is 10.1. The second-order valence-corrected chi connectivity index (χ2v) is 9.45. The van der Waals surface area contributed by atoms with Crippen LogP contribution in [0, 0.1) is 6.92 Å². The lowest BCUT2D eigenvalue weighted by molar-refractivity contribution is 0.320. The van der Waals surface area contributed by atoms with Crippen LogP contribution in [0.1, 0.15) is 84.3 Å². The number of rotatable bonds is 11. The van der Waals surface area contributed by atoms with Gasteiger partial charge in [0, 0.05) is 5.56 Å². The van der Waals surface area contributed by atoms with Crippen LogP contribution in [0.25, 0.3) is 0 Å². The van der Waals surface area contributed by atoms with E-state index in [0.29, 0.717) is 18.1 Å². The molecule has 1 unspecified atom stereocenters. The molecular formula is C27H40O3. The van der Waals surface area contributed by atoms with Gasteiger partial charge in [0.05, 0.1) is 11.7 Å². The zero-order valence-corrected chi connectivity index (χ0v) is 19.7. The van der Waals surface area contributed by atoms with E-state index in [1.165, 1.54) is 16.7 Å². The van der Waals surface area contributed by atoms with Crippen LogP contribution in [-0.4, -0.2) is 21.9 Å². The Morgan fingerprint density at radius 2 is 1.47 bits per heavy atom. The van der Waals surface area contributed by atoms with Crippen molar-refractivity contribution < 1.29 is 14.9 Å². The van der Waals surface area contributed by atoms with Crippen LogP contribution in [0.4, 0.5) is 0 Å². The highest BCUT2D eigenvalue weighted by Gasteiger charge is 2.46. The third kappa shape index (κ3) is 8.02. The van der Waals surface area contributed by atoms with E-state index in [1.807, 2.05) is 6.92 Å². The Balaban J connectivity index is 1.68. The smallest absolute Gasteiger partial charge is 0.122 e. The predicted octanol–water partition coefficient (Wildman–Crippen LogP) is 7.31. The van der Waals surface area contributed by atoms with Crippen molar-refractivity contribution in [2.24, 2.45) is 0 Å². The van der Waals surface area contributed by atoms with Gasteiger partial charge in [-0.15, -0.1) is 0 Å². The predicted molar refractivity (Wildman–Crippen MR) is 126 cm³/mol. The van der Waals surface area contributed by atoms with Crippen LogP contribution in [-0.2, 0) is 11.2 Å². The summed E-state index contributed by atoms with van der Waals surface area (Å²) in [5.74, 6) is 0.489. The first-order valence-corrected chi connectivity index (χ1v) is 11.2. The van der Waals surface area contributed by atoms with Gasteiger partial charge in [-0.1, -0.05) is 34.9 Å². The molecule has 1 aromatic carbocycles. The maximum Gasteiger partial charge on any atom is 0.122 e. The fourth-order valence-electron chi connectivity index (χ4n) is 3.77. The molecule has 30 heavy (non-hydrogen) atoms. The van der Waals surface area contributed by atoms with Gasteiger partial charge in [-0.05, 0) is 104 Å².